The first kappa shape index (κ1) is 16.0. The lowest BCUT2D eigenvalue weighted by Gasteiger charge is -2.20. The van der Waals surface area contributed by atoms with Crippen LogP contribution in [0.1, 0.15) is 23.2 Å². The van der Waals surface area contributed by atoms with Crippen molar-refractivity contribution >= 4 is 17.5 Å². The molecule has 0 radical (unpaired) electrons. The van der Waals surface area contributed by atoms with Crippen molar-refractivity contribution in [1.82, 2.24) is 15.5 Å². The number of ether oxygens (including phenoxy) is 1. The number of rotatable bonds is 6. The van der Waals surface area contributed by atoms with E-state index in [1.165, 1.54) is 5.69 Å². The first-order valence-corrected chi connectivity index (χ1v) is 8.21. The minimum atomic E-state index is 0.0383. The lowest BCUT2D eigenvalue weighted by molar-refractivity contribution is -0.125. The van der Waals surface area contributed by atoms with Crippen molar-refractivity contribution in [3.8, 4) is 0 Å². The average Bonchev–Trinajstić information content (AvgIpc) is 3.03. The van der Waals surface area contributed by atoms with Gasteiger partial charge in [-0.05, 0) is 42.5 Å². The monoisotopic (exact) mass is 333 g/mol. The average molecular weight is 334 g/mol. The van der Waals surface area contributed by atoms with E-state index in [0.717, 1.165) is 30.4 Å². The Kier molecular flexibility index (Phi) is 5.31. The largest absolute Gasteiger partial charge is 0.375 e. The van der Waals surface area contributed by atoms with Gasteiger partial charge in [0, 0.05) is 23.2 Å². The van der Waals surface area contributed by atoms with Gasteiger partial charge in [0.15, 0.2) is 0 Å². The summed E-state index contributed by atoms with van der Waals surface area (Å²) < 4.78 is 5.57. The Balaban J connectivity index is 1.34. The number of benzene rings is 1. The summed E-state index contributed by atoms with van der Waals surface area (Å²) in [5, 5.41) is 10.7. The van der Waals surface area contributed by atoms with Crippen molar-refractivity contribution in [2.24, 2.45) is 5.92 Å². The smallest absolute Gasteiger partial charge is 0.223 e. The minimum absolute atomic E-state index is 0.0383. The second kappa shape index (κ2) is 7.62. The molecule has 0 spiro atoms. The lowest BCUT2D eigenvalue weighted by atomic mass is 9.87. The van der Waals surface area contributed by atoms with E-state index in [1.807, 2.05) is 30.5 Å². The molecule has 1 heterocycles. The Morgan fingerprint density at radius 1 is 1.39 bits per heavy atom. The zero-order chi connectivity index (χ0) is 16.1. The van der Waals surface area contributed by atoms with Crippen LogP contribution in [0.3, 0.4) is 0 Å². The molecule has 1 aliphatic rings. The predicted molar refractivity (Wildman–Crippen MR) is 88.2 cm³/mol. The lowest BCUT2D eigenvalue weighted by Crippen LogP contribution is -2.35. The quantitative estimate of drug-likeness (QED) is 0.798. The fraction of sp³-hybridized carbons (Fsp3) is 0.412. The van der Waals surface area contributed by atoms with E-state index in [9.17, 15) is 4.79 Å². The highest BCUT2D eigenvalue weighted by Crippen LogP contribution is 2.23. The van der Waals surface area contributed by atoms with Crippen molar-refractivity contribution in [3.05, 3.63) is 52.3 Å². The number of carbonyl (C=O) groups is 1. The van der Waals surface area contributed by atoms with Gasteiger partial charge in [0.2, 0.25) is 5.91 Å². The van der Waals surface area contributed by atoms with Gasteiger partial charge in [-0.15, -0.1) is 0 Å². The number of amides is 1. The van der Waals surface area contributed by atoms with Gasteiger partial charge in [0.05, 0.1) is 19.4 Å². The molecule has 0 fully saturated rings. The molecule has 2 aromatic rings. The van der Waals surface area contributed by atoms with E-state index in [0.29, 0.717) is 24.8 Å². The topological polar surface area (TPSA) is 67.0 Å². The van der Waals surface area contributed by atoms with Gasteiger partial charge in [-0.1, -0.05) is 23.7 Å². The molecule has 2 N–H and O–H groups in total. The summed E-state index contributed by atoms with van der Waals surface area (Å²) in [5.41, 5.74) is 3.40. The predicted octanol–water partition coefficient (Wildman–Crippen LogP) is 2.50. The SMILES string of the molecule is O=C(NCCOCc1ccc(Cl)cc1)C1CCc2[nH]ncc2C1. The number of aryl methyl sites for hydroxylation is 1. The number of halogens is 1. The van der Waals surface area contributed by atoms with Crippen molar-refractivity contribution in [3.63, 3.8) is 0 Å². The number of H-pyrrole nitrogens is 1. The summed E-state index contributed by atoms with van der Waals surface area (Å²) in [5.74, 6) is 0.142. The van der Waals surface area contributed by atoms with Gasteiger partial charge >= 0.3 is 0 Å². The first-order valence-electron chi connectivity index (χ1n) is 7.83. The molecule has 1 atom stereocenters. The molecule has 0 saturated heterocycles. The highest BCUT2D eigenvalue weighted by atomic mass is 35.5. The molecule has 6 heteroatoms. The standard InChI is InChI=1S/C17H20ClN3O2/c18-15-4-1-12(2-5-15)11-23-8-7-19-17(22)13-3-6-16-14(9-13)10-20-21-16/h1-2,4-5,10,13H,3,6-9,11H2,(H,19,22)(H,20,21). The molecule has 3 rings (SSSR count). The fourth-order valence-corrected chi connectivity index (χ4v) is 2.93. The van der Waals surface area contributed by atoms with Crippen molar-refractivity contribution in [1.29, 1.82) is 0 Å². The van der Waals surface area contributed by atoms with E-state index in [-0.39, 0.29) is 11.8 Å². The van der Waals surface area contributed by atoms with E-state index in [1.54, 1.807) is 0 Å². The third-order valence-corrected chi connectivity index (χ3v) is 4.37. The maximum Gasteiger partial charge on any atom is 0.223 e. The summed E-state index contributed by atoms with van der Waals surface area (Å²) in [4.78, 5) is 12.2. The second-order valence-electron chi connectivity index (χ2n) is 5.78. The van der Waals surface area contributed by atoms with E-state index in [2.05, 4.69) is 15.5 Å². The van der Waals surface area contributed by atoms with Crippen molar-refractivity contribution in [2.45, 2.75) is 25.9 Å². The molecule has 1 aromatic heterocycles. The summed E-state index contributed by atoms with van der Waals surface area (Å²) >= 11 is 5.83. The summed E-state index contributed by atoms with van der Waals surface area (Å²) in [7, 11) is 0. The highest BCUT2D eigenvalue weighted by Gasteiger charge is 2.25. The number of hydrogen-bond acceptors (Lipinski definition) is 3. The number of fused-ring (bicyclic) bond motifs is 1. The third-order valence-electron chi connectivity index (χ3n) is 4.12. The maximum absolute atomic E-state index is 12.2. The van der Waals surface area contributed by atoms with Gasteiger partial charge in [-0.2, -0.15) is 5.10 Å². The van der Waals surface area contributed by atoms with E-state index in [4.69, 9.17) is 16.3 Å². The van der Waals surface area contributed by atoms with Crippen molar-refractivity contribution in [2.75, 3.05) is 13.2 Å². The molecule has 0 aliphatic heterocycles. The van der Waals surface area contributed by atoms with Crippen LogP contribution in [-0.2, 0) is 29.0 Å². The maximum atomic E-state index is 12.2. The van der Waals surface area contributed by atoms with Crippen molar-refractivity contribution < 1.29 is 9.53 Å². The van der Waals surface area contributed by atoms with Crippen LogP contribution in [0.15, 0.2) is 30.5 Å². The van der Waals surface area contributed by atoms with Crippen LogP contribution in [0.25, 0.3) is 0 Å². The van der Waals surface area contributed by atoms with E-state index >= 15 is 0 Å². The molecule has 0 bridgehead atoms. The Morgan fingerprint density at radius 2 is 2.22 bits per heavy atom. The Bertz CT molecular complexity index is 654. The summed E-state index contributed by atoms with van der Waals surface area (Å²) in [6.07, 6.45) is 4.35. The number of aromatic amines is 1. The fourth-order valence-electron chi connectivity index (χ4n) is 2.80. The minimum Gasteiger partial charge on any atom is -0.375 e. The number of aromatic nitrogens is 2. The highest BCUT2D eigenvalue weighted by molar-refractivity contribution is 6.30. The van der Waals surface area contributed by atoms with Crippen LogP contribution < -0.4 is 5.32 Å². The number of nitrogens with one attached hydrogen (secondary N) is 2. The van der Waals surface area contributed by atoms with Crippen LogP contribution in [0.4, 0.5) is 0 Å². The Hall–Kier alpha value is -1.85. The molecule has 1 unspecified atom stereocenters. The molecular weight excluding hydrogens is 314 g/mol. The van der Waals surface area contributed by atoms with Gasteiger partial charge < -0.3 is 10.1 Å². The molecule has 1 amide bonds. The van der Waals surface area contributed by atoms with Crippen LogP contribution in [0, 0.1) is 5.92 Å². The molecular formula is C17H20ClN3O2. The van der Waals surface area contributed by atoms with Gasteiger partial charge in [0.1, 0.15) is 0 Å². The van der Waals surface area contributed by atoms with Crippen LogP contribution in [0.5, 0.6) is 0 Å². The second-order valence-corrected chi connectivity index (χ2v) is 6.22. The summed E-state index contributed by atoms with van der Waals surface area (Å²) in [6, 6.07) is 7.56. The first-order chi connectivity index (χ1) is 11.2. The van der Waals surface area contributed by atoms with E-state index < -0.39 is 0 Å². The Labute approximate surface area is 140 Å². The summed E-state index contributed by atoms with van der Waals surface area (Å²) in [6.45, 7) is 1.55. The molecule has 1 aliphatic carbocycles. The van der Waals surface area contributed by atoms with Crippen LogP contribution in [-0.4, -0.2) is 29.3 Å². The molecule has 0 saturated carbocycles. The van der Waals surface area contributed by atoms with Gasteiger partial charge in [0.25, 0.3) is 0 Å². The van der Waals surface area contributed by atoms with Gasteiger partial charge in [-0.25, -0.2) is 0 Å². The molecule has 1 aromatic carbocycles. The number of hydrogen-bond donors (Lipinski definition) is 2. The Morgan fingerprint density at radius 3 is 3.04 bits per heavy atom. The van der Waals surface area contributed by atoms with Gasteiger partial charge in [-0.3, -0.25) is 9.89 Å². The zero-order valence-electron chi connectivity index (χ0n) is 12.8. The third kappa shape index (κ3) is 4.33. The number of nitrogens with zero attached hydrogens (tertiary/aromatic N) is 1. The molecule has 5 nitrogen and oxygen atoms in total. The van der Waals surface area contributed by atoms with Crippen LogP contribution in [0.2, 0.25) is 5.02 Å². The van der Waals surface area contributed by atoms with Crippen LogP contribution >= 0.6 is 11.6 Å². The zero-order valence-corrected chi connectivity index (χ0v) is 13.6. The molecule has 23 heavy (non-hydrogen) atoms. The normalized spacial score (nSPS) is 16.8. The molecule has 122 valence electrons. The number of carbonyl (C=O) groups excluding carboxylic acids is 1.